The third-order valence-corrected chi connectivity index (χ3v) is 4.93. The van der Waals surface area contributed by atoms with Crippen molar-refractivity contribution in [2.45, 2.75) is 12.8 Å². The first-order valence-electron chi connectivity index (χ1n) is 9.91. The Morgan fingerprint density at radius 1 is 0.788 bits per heavy atom. The van der Waals surface area contributed by atoms with Gasteiger partial charge in [0.1, 0.15) is 29.5 Å². The Labute approximate surface area is 188 Å². The monoisotopic (exact) mass is 455 g/mol. The zero-order valence-corrected chi connectivity index (χ0v) is 17.8. The van der Waals surface area contributed by atoms with Crippen molar-refractivity contribution in [3.63, 3.8) is 0 Å². The lowest BCUT2D eigenvalue weighted by Gasteiger charge is -2.10. The number of hydrogen-bond acceptors (Lipinski definition) is 5. The largest absolute Gasteiger partial charge is 0.497 e. The summed E-state index contributed by atoms with van der Waals surface area (Å²) in [6.07, 6.45) is -2.77. The Morgan fingerprint density at radius 3 is 2.00 bits per heavy atom. The second-order valence-electron chi connectivity index (χ2n) is 7.11. The Hall–Kier alpha value is -4.01. The molecule has 0 bridgehead atoms. The zero-order valence-electron chi connectivity index (χ0n) is 17.8. The van der Waals surface area contributed by atoms with E-state index in [4.69, 9.17) is 14.2 Å². The van der Waals surface area contributed by atoms with Crippen molar-refractivity contribution in [3.8, 4) is 34.1 Å². The standard InChI is InChI=1S/C24H20F3N3O3/c1-31-22-11-17(12-23(13-22)32-2)16-3-9-21(10-4-16)33-15-19-14-30(29-28-19)20-7-5-18(6-8-20)24(25,26)27/h3-14H,15H2,1-2H3. The average Bonchev–Trinajstić information content (AvgIpc) is 3.31. The first-order valence-corrected chi connectivity index (χ1v) is 9.91. The molecule has 0 aliphatic heterocycles. The highest BCUT2D eigenvalue weighted by atomic mass is 19.4. The maximum atomic E-state index is 12.7. The van der Waals surface area contributed by atoms with E-state index in [0.717, 1.165) is 23.3 Å². The first kappa shape index (κ1) is 22.2. The van der Waals surface area contributed by atoms with Crippen LogP contribution in [-0.2, 0) is 12.8 Å². The minimum absolute atomic E-state index is 0.160. The molecule has 0 aliphatic carbocycles. The lowest BCUT2D eigenvalue weighted by atomic mass is 10.0. The quantitative estimate of drug-likeness (QED) is 0.366. The molecule has 0 unspecified atom stereocenters. The van der Waals surface area contributed by atoms with Gasteiger partial charge in [-0.3, -0.25) is 0 Å². The molecule has 0 aliphatic rings. The molecule has 0 saturated heterocycles. The van der Waals surface area contributed by atoms with Crippen LogP contribution in [0.4, 0.5) is 13.2 Å². The van der Waals surface area contributed by atoms with Crippen LogP contribution >= 0.6 is 0 Å². The summed E-state index contributed by atoms with van der Waals surface area (Å²) in [5.41, 5.74) is 2.20. The molecule has 170 valence electrons. The smallest absolute Gasteiger partial charge is 0.416 e. The number of rotatable bonds is 7. The van der Waals surface area contributed by atoms with E-state index < -0.39 is 11.7 Å². The van der Waals surface area contributed by atoms with Gasteiger partial charge in [-0.2, -0.15) is 13.2 Å². The van der Waals surface area contributed by atoms with Gasteiger partial charge in [-0.15, -0.1) is 5.10 Å². The van der Waals surface area contributed by atoms with Crippen LogP contribution in [0.25, 0.3) is 16.8 Å². The van der Waals surface area contributed by atoms with Crippen LogP contribution in [0.15, 0.2) is 72.9 Å². The van der Waals surface area contributed by atoms with Gasteiger partial charge in [0, 0.05) is 6.07 Å². The predicted molar refractivity (Wildman–Crippen MR) is 116 cm³/mol. The third-order valence-electron chi connectivity index (χ3n) is 4.93. The van der Waals surface area contributed by atoms with E-state index in [9.17, 15) is 13.2 Å². The summed E-state index contributed by atoms with van der Waals surface area (Å²) in [6.45, 7) is 0.160. The van der Waals surface area contributed by atoms with Crippen molar-refractivity contribution in [2.75, 3.05) is 14.2 Å². The van der Waals surface area contributed by atoms with Crippen molar-refractivity contribution in [3.05, 3.63) is 84.2 Å². The second-order valence-corrected chi connectivity index (χ2v) is 7.11. The Bertz CT molecular complexity index is 1200. The van der Waals surface area contributed by atoms with E-state index in [1.165, 1.54) is 16.8 Å². The van der Waals surface area contributed by atoms with Gasteiger partial charge in [-0.1, -0.05) is 17.3 Å². The van der Waals surface area contributed by atoms with Crippen LogP contribution in [0.5, 0.6) is 17.2 Å². The molecular formula is C24H20F3N3O3. The van der Waals surface area contributed by atoms with Gasteiger partial charge < -0.3 is 14.2 Å². The van der Waals surface area contributed by atoms with Crippen molar-refractivity contribution in [1.29, 1.82) is 0 Å². The van der Waals surface area contributed by atoms with Crippen LogP contribution < -0.4 is 14.2 Å². The molecule has 0 N–H and O–H groups in total. The SMILES string of the molecule is COc1cc(OC)cc(-c2ccc(OCc3cn(-c4ccc(C(F)(F)F)cc4)nn3)cc2)c1. The number of nitrogens with zero attached hydrogens (tertiary/aromatic N) is 3. The normalized spacial score (nSPS) is 11.3. The highest BCUT2D eigenvalue weighted by Gasteiger charge is 2.30. The van der Waals surface area contributed by atoms with Gasteiger partial charge in [0.15, 0.2) is 0 Å². The number of benzene rings is 3. The number of methoxy groups -OCH3 is 2. The van der Waals surface area contributed by atoms with Crippen molar-refractivity contribution in [2.24, 2.45) is 0 Å². The number of hydrogen-bond donors (Lipinski definition) is 0. The lowest BCUT2D eigenvalue weighted by Crippen LogP contribution is -2.05. The molecule has 0 radical (unpaired) electrons. The molecule has 33 heavy (non-hydrogen) atoms. The summed E-state index contributed by atoms with van der Waals surface area (Å²) in [5, 5.41) is 7.98. The fourth-order valence-corrected chi connectivity index (χ4v) is 3.17. The summed E-state index contributed by atoms with van der Waals surface area (Å²) in [7, 11) is 3.20. The van der Waals surface area contributed by atoms with Gasteiger partial charge in [0.25, 0.3) is 0 Å². The van der Waals surface area contributed by atoms with E-state index in [1.54, 1.807) is 26.5 Å². The average molecular weight is 455 g/mol. The van der Waals surface area contributed by atoms with Gasteiger partial charge in [0.2, 0.25) is 0 Å². The van der Waals surface area contributed by atoms with Crippen molar-refractivity contribution >= 4 is 0 Å². The predicted octanol–water partition coefficient (Wildman–Crippen LogP) is 5.55. The fourth-order valence-electron chi connectivity index (χ4n) is 3.17. The van der Waals surface area contributed by atoms with E-state index in [2.05, 4.69) is 10.3 Å². The number of aromatic nitrogens is 3. The summed E-state index contributed by atoms with van der Waals surface area (Å²) in [5.74, 6) is 2.03. The molecule has 0 saturated carbocycles. The molecule has 1 aromatic heterocycles. The molecule has 0 atom stereocenters. The summed E-state index contributed by atoms with van der Waals surface area (Å²) in [6, 6.07) is 17.8. The zero-order chi connectivity index (χ0) is 23.4. The molecule has 6 nitrogen and oxygen atoms in total. The molecule has 0 amide bonds. The van der Waals surface area contributed by atoms with E-state index in [-0.39, 0.29) is 6.61 Å². The summed E-state index contributed by atoms with van der Waals surface area (Å²) in [4.78, 5) is 0. The molecule has 0 spiro atoms. The minimum Gasteiger partial charge on any atom is -0.497 e. The number of halogens is 3. The van der Waals surface area contributed by atoms with Crippen molar-refractivity contribution < 1.29 is 27.4 Å². The maximum absolute atomic E-state index is 12.7. The van der Waals surface area contributed by atoms with Crippen LogP contribution in [-0.4, -0.2) is 29.2 Å². The van der Waals surface area contributed by atoms with Crippen LogP contribution in [0, 0.1) is 0 Å². The summed E-state index contributed by atoms with van der Waals surface area (Å²) < 4.78 is 55.9. The Kier molecular flexibility index (Phi) is 6.21. The molecule has 4 rings (SSSR count). The summed E-state index contributed by atoms with van der Waals surface area (Å²) >= 11 is 0. The van der Waals surface area contributed by atoms with Gasteiger partial charge >= 0.3 is 6.18 Å². The van der Waals surface area contributed by atoms with Crippen molar-refractivity contribution in [1.82, 2.24) is 15.0 Å². The first-order chi connectivity index (χ1) is 15.9. The van der Waals surface area contributed by atoms with Crippen LogP contribution in [0.2, 0.25) is 0 Å². The molecule has 9 heteroatoms. The van der Waals surface area contributed by atoms with Gasteiger partial charge in [-0.05, 0) is 59.7 Å². The van der Waals surface area contributed by atoms with Crippen LogP contribution in [0.1, 0.15) is 11.3 Å². The molecule has 3 aromatic carbocycles. The third kappa shape index (κ3) is 5.25. The number of ether oxygens (including phenoxy) is 3. The maximum Gasteiger partial charge on any atom is 0.416 e. The highest BCUT2D eigenvalue weighted by Crippen LogP contribution is 2.31. The minimum atomic E-state index is -4.38. The fraction of sp³-hybridized carbons (Fsp3) is 0.167. The molecule has 1 heterocycles. The highest BCUT2D eigenvalue weighted by molar-refractivity contribution is 5.68. The van der Waals surface area contributed by atoms with E-state index in [0.29, 0.717) is 28.6 Å². The Morgan fingerprint density at radius 2 is 1.42 bits per heavy atom. The van der Waals surface area contributed by atoms with Gasteiger partial charge in [-0.25, -0.2) is 4.68 Å². The molecule has 4 aromatic rings. The molecule has 0 fully saturated rings. The van der Waals surface area contributed by atoms with Crippen LogP contribution in [0.3, 0.4) is 0 Å². The second kappa shape index (κ2) is 9.23. The Balaban J connectivity index is 1.41. The van der Waals surface area contributed by atoms with E-state index in [1.807, 2.05) is 36.4 Å². The number of alkyl halides is 3. The van der Waals surface area contributed by atoms with Gasteiger partial charge in [0.05, 0.1) is 31.7 Å². The topological polar surface area (TPSA) is 58.4 Å². The lowest BCUT2D eigenvalue weighted by molar-refractivity contribution is -0.137. The molecular weight excluding hydrogens is 435 g/mol. The van der Waals surface area contributed by atoms with E-state index >= 15 is 0 Å².